The Morgan fingerprint density at radius 2 is 1.83 bits per heavy atom. The van der Waals surface area contributed by atoms with E-state index in [-0.39, 0.29) is 28.4 Å². The molecule has 0 bridgehead atoms. The van der Waals surface area contributed by atoms with Crippen molar-refractivity contribution in [1.82, 2.24) is 4.98 Å². The van der Waals surface area contributed by atoms with Crippen LogP contribution in [-0.4, -0.2) is 26.3 Å². The Morgan fingerprint density at radius 1 is 1.06 bits per heavy atom. The zero-order valence-electron chi connectivity index (χ0n) is 18.8. The van der Waals surface area contributed by atoms with Crippen molar-refractivity contribution in [3.05, 3.63) is 102 Å². The van der Waals surface area contributed by atoms with Crippen LogP contribution < -0.4 is 14.6 Å². The molecular weight excluding hydrogens is 484 g/mol. The van der Waals surface area contributed by atoms with Crippen LogP contribution in [0.3, 0.4) is 0 Å². The molecule has 0 aliphatic heterocycles. The molecule has 0 unspecified atom stereocenters. The van der Waals surface area contributed by atoms with Crippen LogP contribution in [0.15, 0.2) is 89.8 Å². The lowest BCUT2D eigenvalue weighted by molar-refractivity contribution is 0.105. The minimum absolute atomic E-state index is 0.0801. The third-order valence-electron chi connectivity index (χ3n) is 5.23. The topological polar surface area (TPSA) is 109 Å². The number of sulfonamides is 1. The number of methoxy groups -OCH3 is 1. The molecule has 0 atom stereocenters. The van der Waals surface area contributed by atoms with E-state index in [1.54, 1.807) is 19.4 Å². The van der Waals surface area contributed by atoms with Crippen LogP contribution in [0.25, 0.3) is 16.0 Å². The summed E-state index contributed by atoms with van der Waals surface area (Å²) in [7, 11) is -2.30. The van der Waals surface area contributed by atoms with Crippen molar-refractivity contribution < 1.29 is 22.7 Å². The summed E-state index contributed by atoms with van der Waals surface area (Å²) < 4.78 is 34.8. The number of carbonyl (C=O) groups is 1. The third-order valence-corrected chi connectivity index (χ3v) is 7.07. The number of benzene rings is 2. The zero-order valence-corrected chi connectivity index (χ0v) is 20.4. The number of aromatic nitrogens is 1. The van der Waals surface area contributed by atoms with Gasteiger partial charge in [0.05, 0.1) is 17.7 Å². The monoisotopic (exact) mass is 506 g/mol. The molecule has 7 nitrogen and oxygen atoms in total. The molecule has 0 radical (unpaired) electrons. The van der Waals surface area contributed by atoms with Crippen LogP contribution in [0, 0.1) is 0 Å². The highest BCUT2D eigenvalue weighted by molar-refractivity contribution is 7.89. The molecule has 35 heavy (non-hydrogen) atoms. The Bertz CT molecular complexity index is 1460. The first-order valence-electron chi connectivity index (χ1n) is 10.4. The van der Waals surface area contributed by atoms with Gasteiger partial charge < -0.3 is 9.47 Å². The van der Waals surface area contributed by atoms with Gasteiger partial charge in [-0.25, -0.2) is 13.6 Å². The van der Waals surface area contributed by atoms with Crippen LogP contribution in [-0.2, 0) is 16.6 Å². The van der Waals surface area contributed by atoms with Gasteiger partial charge in [-0.2, -0.15) is 0 Å². The molecule has 4 aromatic rings. The van der Waals surface area contributed by atoms with E-state index in [1.165, 1.54) is 35.6 Å². The first-order valence-corrected chi connectivity index (χ1v) is 12.9. The summed E-state index contributed by atoms with van der Waals surface area (Å²) in [5, 5.41) is 7.11. The Hall–Kier alpha value is -3.79. The number of primary sulfonamides is 1. The highest BCUT2D eigenvalue weighted by Gasteiger charge is 2.21. The van der Waals surface area contributed by atoms with Gasteiger partial charge in [0, 0.05) is 39.4 Å². The van der Waals surface area contributed by atoms with Crippen molar-refractivity contribution in [3.8, 4) is 21.9 Å². The van der Waals surface area contributed by atoms with Gasteiger partial charge in [0.15, 0.2) is 5.78 Å². The number of pyridine rings is 1. The molecule has 2 aromatic carbocycles. The molecular formula is C26H22N2O5S2. The maximum Gasteiger partial charge on any atom is 0.238 e. The summed E-state index contributed by atoms with van der Waals surface area (Å²) >= 11 is 1.54. The summed E-state index contributed by atoms with van der Waals surface area (Å²) in [6.45, 7) is 4.22. The molecule has 0 amide bonds. The molecule has 178 valence electrons. The first-order chi connectivity index (χ1) is 16.8. The summed E-state index contributed by atoms with van der Waals surface area (Å²) in [6.07, 6.45) is 1.67. The summed E-state index contributed by atoms with van der Waals surface area (Å²) in [5.74, 6) is 0.619. The lowest BCUT2D eigenvalue weighted by atomic mass is 9.95. The van der Waals surface area contributed by atoms with Crippen molar-refractivity contribution in [1.29, 1.82) is 0 Å². The van der Waals surface area contributed by atoms with E-state index in [9.17, 15) is 13.2 Å². The van der Waals surface area contributed by atoms with E-state index >= 15 is 0 Å². The van der Waals surface area contributed by atoms with E-state index in [2.05, 4.69) is 11.6 Å². The number of nitrogens with two attached hydrogens (primary N) is 1. The quantitative estimate of drug-likeness (QED) is 0.254. The van der Waals surface area contributed by atoms with Crippen molar-refractivity contribution in [2.24, 2.45) is 5.14 Å². The lowest BCUT2D eigenvalue weighted by Gasteiger charge is -2.17. The average Bonchev–Trinajstić information content (AvgIpc) is 3.41. The van der Waals surface area contributed by atoms with E-state index < -0.39 is 10.0 Å². The van der Waals surface area contributed by atoms with Crippen LogP contribution >= 0.6 is 11.3 Å². The minimum Gasteiger partial charge on any atom is -0.496 e. The second-order valence-corrected chi connectivity index (χ2v) is 10.0. The molecule has 2 heterocycles. The fraction of sp³-hybridized carbons (Fsp3) is 0.0769. The van der Waals surface area contributed by atoms with E-state index in [0.717, 1.165) is 16.1 Å². The van der Waals surface area contributed by atoms with Gasteiger partial charge in [-0.05, 0) is 53.9 Å². The highest BCUT2D eigenvalue weighted by atomic mass is 32.2. The maximum atomic E-state index is 13.3. The lowest BCUT2D eigenvalue weighted by Crippen LogP contribution is -2.12. The number of hydrogen-bond acceptors (Lipinski definition) is 7. The van der Waals surface area contributed by atoms with Gasteiger partial charge in [-0.15, -0.1) is 11.3 Å². The van der Waals surface area contributed by atoms with Crippen LogP contribution in [0.5, 0.6) is 11.5 Å². The number of ketones is 1. The number of thiophene rings is 1. The highest BCUT2D eigenvalue weighted by Crippen LogP contribution is 2.41. The fourth-order valence-corrected chi connectivity index (χ4v) is 4.70. The number of hydrogen-bond donors (Lipinski definition) is 1. The van der Waals surface area contributed by atoms with Crippen LogP contribution in [0.1, 0.15) is 21.6 Å². The molecule has 0 aliphatic carbocycles. The maximum absolute atomic E-state index is 13.3. The summed E-state index contributed by atoms with van der Waals surface area (Å²) in [5.41, 5.74) is 2.46. The number of allylic oxidation sites excluding steroid dienone is 1. The summed E-state index contributed by atoms with van der Waals surface area (Å²) in [4.78, 5) is 18.5. The molecule has 2 N–H and O–H groups in total. The van der Waals surface area contributed by atoms with E-state index in [4.69, 9.17) is 14.6 Å². The fourth-order valence-electron chi connectivity index (χ4n) is 3.44. The Kier molecular flexibility index (Phi) is 7.11. The number of Topliss-reactive ketones (excluding diaryl/α,β-unsaturated/α-hetero) is 1. The standard InChI is InChI=1S/C26H22N2O5S2/c1-17(26(29)18-8-10-20(11-9-18)35(27,30)31)21-14-22(25-7-5-13-34-25)23(32-2)15-24(21)33-16-19-6-3-4-12-28-19/h3-15H,1,16H2,2H3,(H2,27,30,31). The zero-order chi connectivity index (χ0) is 25.0. The molecule has 0 fully saturated rings. The van der Waals surface area contributed by atoms with Gasteiger partial charge in [0.1, 0.15) is 18.1 Å². The summed E-state index contributed by atoms with van der Waals surface area (Å²) in [6, 6.07) is 18.3. The molecule has 2 aromatic heterocycles. The molecule has 0 aliphatic rings. The van der Waals surface area contributed by atoms with Crippen molar-refractivity contribution in [3.63, 3.8) is 0 Å². The largest absolute Gasteiger partial charge is 0.496 e. The van der Waals surface area contributed by atoms with Crippen LogP contribution in [0.2, 0.25) is 0 Å². The smallest absolute Gasteiger partial charge is 0.238 e. The van der Waals surface area contributed by atoms with Gasteiger partial charge >= 0.3 is 0 Å². The molecule has 4 rings (SSSR count). The second-order valence-electron chi connectivity index (χ2n) is 7.51. The molecule has 9 heteroatoms. The molecule has 0 saturated carbocycles. The predicted molar refractivity (Wildman–Crippen MR) is 136 cm³/mol. The van der Waals surface area contributed by atoms with Gasteiger partial charge in [0.2, 0.25) is 10.0 Å². The normalized spacial score (nSPS) is 11.1. The molecule has 0 saturated heterocycles. The molecule has 0 spiro atoms. The van der Waals surface area contributed by atoms with Crippen molar-refractivity contribution >= 4 is 32.7 Å². The first kappa shape index (κ1) is 24.3. The predicted octanol–water partition coefficient (Wildman–Crippen LogP) is 4.94. The number of nitrogens with zero attached hydrogens (tertiary/aromatic N) is 1. The van der Waals surface area contributed by atoms with Crippen molar-refractivity contribution in [2.75, 3.05) is 7.11 Å². The SMILES string of the molecule is C=C(C(=O)c1ccc(S(N)(=O)=O)cc1)c1cc(-c2cccs2)c(OC)cc1OCc1ccccn1. The number of rotatable bonds is 9. The Morgan fingerprint density at radius 3 is 2.43 bits per heavy atom. The van der Waals surface area contributed by atoms with Crippen molar-refractivity contribution in [2.45, 2.75) is 11.5 Å². The Balaban J connectivity index is 1.74. The van der Waals surface area contributed by atoms with Gasteiger partial charge in [-0.3, -0.25) is 9.78 Å². The van der Waals surface area contributed by atoms with E-state index in [0.29, 0.717) is 17.1 Å². The average molecular weight is 507 g/mol. The van der Waals surface area contributed by atoms with Gasteiger partial charge in [-0.1, -0.05) is 18.7 Å². The third kappa shape index (κ3) is 5.48. The van der Waals surface area contributed by atoms with Crippen LogP contribution in [0.4, 0.5) is 0 Å². The van der Waals surface area contributed by atoms with Gasteiger partial charge in [0.25, 0.3) is 0 Å². The number of carbonyl (C=O) groups excluding carboxylic acids is 1. The minimum atomic E-state index is -3.87. The second kappa shape index (κ2) is 10.2. The van der Waals surface area contributed by atoms with E-state index in [1.807, 2.05) is 41.8 Å². The number of ether oxygens (including phenoxy) is 2. The Labute approximate surface area is 207 Å².